The summed E-state index contributed by atoms with van der Waals surface area (Å²) in [6.07, 6.45) is 0. The molecule has 5 rings (SSSR count). The highest BCUT2D eigenvalue weighted by Gasteiger charge is 2.19. The van der Waals surface area contributed by atoms with E-state index in [0.717, 1.165) is 22.0 Å². The molecule has 9 nitrogen and oxygen atoms in total. The fraction of sp³-hybridized carbons (Fsp3) is 0.174. The molecule has 1 aliphatic heterocycles. The van der Waals surface area contributed by atoms with Gasteiger partial charge >= 0.3 is 0 Å². The molecule has 1 aliphatic rings. The number of anilines is 1. The van der Waals surface area contributed by atoms with Crippen LogP contribution in [0.5, 0.6) is 23.0 Å². The Bertz CT molecular complexity index is 1350. The number of carbonyl (C=O) groups is 1. The van der Waals surface area contributed by atoms with E-state index in [1.165, 1.54) is 18.4 Å². The molecule has 33 heavy (non-hydrogen) atoms. The average Bonchev–Trinajstić information content (AvgIpc) is 3.58. The summed E-state index contributed by atoms with van der Waals surface area (Å²) >= 11 is 1.47. The Labute approximate surface area is 193 Å². The maximum atomic E-state index is 12.9. The number of ether oxygens (including phenoxy) is 4. The number of aryl methyl sites for hydroxylation is 1. The van der Waals surface area contributed by atoms with Gasteiger partial charge in [0, 0.05) is 30.1 Å². The third kappa shape index (κ3) is 3.96. The Morgan fingerprint density at radius 3 is 2.73 bits per heavy atom. The van der Waals surface area contributed by atoms with E-state index in [9.17, 15) is 4.79 Å². The minimum absolute atomic E-state index is 0.228. The molecule has 0 spiro atoms. The molecule has 2 aromatic heterocycles. The summed E-state index contributed by atoms with van der Waals surface area (Å²) in [5.41, 5.74) is 2.79. The number of amides is 1. The summed E-state index contributed by atoms with van der Waals surface area (Å²) in [5, 5.41) is 10.1. The molecule has 168 valence electrons. The second-order valence-corrected chi connectivity index (χ2v) is 8.02. The third-order valence-corrected chi connectivity index (χ3v) is 6.03. The molecule has 0 bridgehead atoms. The Kier molecular flexibility index (Phi) is 5.35. The van der Waals surface area contributed by atoms with Gasteiger partial charge in [0.2, 0.25) is 6.79 Å². The molecule has 0 radical (unpaired) electrons. The molecule has 1 amide bonds. The summed E-state index contributed by atoms with van der Waals surface area (Å²) in [6.45, 7) is 0.228. The molecule has 2 aromatic carbocycles. The van der Waals surface area contributed by atoms with E-state index in [1.807, 2.05) is 23.6 Å². The molecule has 0 aliphatic carbocycles. The number of fused-ring (bicyclic) bond motifs is 1. The van der Waals surface area contributed by atoms with Gasteiger partial charge in [-0.2, -0.15) is 5.10 Å². The van der Waals surface area contributed by atoms with E-state index in [-0.39, 0.29) is 12.7 Å². The van der Waals surface area contributed by atoms with Crippen molar-refractivity contribution in [1.82, 2.24) is 14.8 Å². The zero-order valence-corrected chi connectivity index (χ0v) is 18.9. The van der Waals surface area contributed by atoms with Crippen LogP contribution < -0.4 is 24.3 Å². The van der Waals surface area contributed by atoms with Crippen molar-refractivity contribution in [3.8, 4) is 45.0 Å². The van der Waals surface area contributed by atoms with E-state index in [1.54, 1.807) is 43.1 Å². The second-order valence-electron chi connectivity index (χ2n) is 7.16. The molecule has 1 N–H and O–H groups in total. The minimum Gasteiger partial charge on any atom is -0.497 e. The van der Waals surface area contributed by atoms with Crippen molar-refractivity contribution in [2.45, 2.75) is 0 Å². The fourth-order valence-corrected chi connectivity index (χ4v) is 4.22. The summed E-state index contributed by atoms with van der Waals surface area (Å²) in [6, 6.07) is 12.5. The van der Waals surface area contributed by atoms with Crippen LogP contribution in [-0.2, 0) is 7.05 Å². The van der Waals surface area contributed by atoms with E-state index in [0.29, 0.717) is 34.3 Å². The lowest BCUT2D eigenvalue weighted by Gasteiger charge is -2.10. The van der Waals surface area contributed by atoms with Crippen LogP contribution in [0.3, 0.4) is 0 Å². The molecule has 3 heterocycles. The van der Waals surface area contributed by atoms with Gasteiger partial charge in [0.15, 0.2) is 11.5 Å². The molecule has 0 saturated heterocycles. The van der Waals surface area contributed by atoms with Crippen molar-refractivity contribution in [3.05, 3.63) is 53.4 Å². The van der Waals surface area contributed by atoms with Crippen molar-refractivity contribution in [1.29, 1.82) is 0 Å². The maximum absolute atomic E-state index is 12.9. The number of benzene rings is 2. The minimum atomic E-state index is -0.316. The number of methoxy groups -OCH3 is 2. The molecule has 0 fully saturated rings. The van der Waals surface area contributed by atoms with Gasteiger partial charge in [0.25, 0.3) is 5.91 Å². The highest BCUT2D eigenvalue weighted by atomic mass is 32.1. The predicted molar refractivity (Wildman–Crippen MR) is 123 cm³/mol. The highest BCUT2D eigenvalue weighted by Crippen LogP contribution is 2.37. The number of nitrogens with zero attached hydrogens (tertiary/aromatic N) is 3. The van der Waals surface area contributed by atoms with E-state index < -0.39 is 0 Å². The van der Waals surface area contributed by atoms with Gasteiger partial charge in [0.05, 0.1) is 25.5 Å². The van der Waals surface area contributed by atoms with Crippen LogP contribution in [0.1, 0.15) is 10.4 Å². The summed E-state index contributed by atoms with van der Waals surface area (Å²) in [7, 11) is 4.83. The van der Waals surface area contributed by atoms with Gasteiger partial charge in [-0.05, 0) is 30.3 Å². The van der Waals surface area contributed by atoms with Gasteiger partial charge < -0.3 is 24.3 Å². The number of hydrogen-bond donors (Lipinski definition) is 1. The van der Waals surface area contributed by atoms with E-state index in [2.05, 4.69) is 10.4 Å². The van der Waals surface area contributed by atoms with Crippen LogP contribution in [0, 0.1) is 0 Å². The van der Waals surface area contributed by atoms with Crippen LogP contribution in [-0.4, -0.2) is 41.7 Å². The summed E-state index contributed by atoms with van der Waals surface area (Å²) in [4.78, 5) is 17.6. The Hall–Kier alpha value is -4.05. The molecule has 4 aromatic rings. The van der Waals surface area contributed by atoms with Crippen molar-refractivity contribution in [2.24, 2.45) is 7.05 Å². The van der Waals surface area contributed by atoms with Crippen LogP contribution in [0.2, 0.25) is 0 Å². The number of carbonyl (C=O) groups excluding carboxylic acids is 1. The number of aromatic nitrogens is 3. The number of nitrogens with one attached hydrogen (secondary N) is 1. The maximum Gasteiger partial charge on any atom is 0.260 e. The molecule has 10 heteroatoms. The average molecular weight is 465 g/mol. The number of rotatable bonds is 6. The smallest absolute Gasteiger partial charge is 0.260 e. The largest absolute Gasteiger partial charge is 0.497 e. The van der Waals surface area contributed by atoms with Gasteiger partial charge in [0.1, 0.15) is 28.0 Å². The quantitative estimate of drug-likeness (QED) is 0.457. The Balaban J connectivity index is 1.37. The zero-order valence-electron chi connectivity index (χ0n) is 18.1. The monoisotopic (exact) mass is 464 g/mol. The van der Waals surface area contributed by atoms with Gasteiger partial charge in [-0.3, -0.25) is 9.48 Å². The van der Waals surface area contributed by atoms with Crippen molar-refractivity contribution < 1.29 is 23.7 Å². The molecular weight excluding hydrogens is 444 g/mol. The van der Waals surface area contributed by atoms with Gasteiger partial charge in [-0.1, -0.05) is 0 Å². The number of hydrogen-bond acceptors (Lipinski definition) is 8. The molecule has 0 saturated carbocycles. The second kappa shape index (κ2) is 8.47. The lowest BCUT2D eigenvalue weighted by Crippen LogP contribution is -2.15. The van der Waals surface area contributed by atoms with Crippen molar-refractivity contribution >= 4 is 23.1 Å². The fourth-order valence-electron chi connectivity index (χ4n) is 3.44. The topological polar surface area (TPSA) is 96.7 Å². The predicted octanol–water partition coefficient (Wildman–Crippen LogP) is 4.21. The lowest BCUT2D eigenvalue weighted by molar-refractivity contribution is 0.102. The lowest BCUT2D eigenvalue weighted by atomic mass is 10.1. The Morgan fingerprint density at radius 1 is 1.06 bits per heavy atom. The Morgan fingerprint density at radius 2 is 1.91 bits per heavy atom. The van der Waals surface area contributed by atoms with Crippen LogP contribution in [0.4, 0.5) is 5.82 Å². The van der Waals surface area contributed by atoms with Gasteiger partial charge in [-0.15, -0.1) is 11.3 Å². The first-order valence-electron chi connectivity index (χ1n) is 9.99. The first-order chi connectivity index (χ1) is 16.1. The van der Waals surface area contributed by atoms with E-state index in [4.69, 9.17) is 23.9 Å². The van der Waals surface area contributed by atoms with Gasteiger partial charge in [-0.25, -0.2) is 4.98 Å². The van der Waals surface area contributed by atoms with Crippen LogP contribution >= 0.6 is 11.3 Å². The molecular formula is C23H20N4O5S. The van der Waals surface area contributed by atoms with Crippen molar-refractivity contribution in [3.63, 3.8) is 0 Å². The van der Waals surface area contributed by atoms with Crippen LogP contribution in [0.15, 0.2) is 47.8 Å². The SMILES string of the molecule is COc1ccc(C(=O)Nc2cc(-c3nc(-c4ccc5c(c4)OCO5)cs3)nn2C)c(OC)c1. The summed E-state index contributed by atoms with van der Waals surface area (Å²) < 4.78 is 23.0. The molecule has 0 unspecified atom stereocenters. The van der Waals surface area contributed by atoms with Crippen molar-refractivity contribution in [2.75, 3.05) is 26.3 Å². The molecule has 0 atom stereocenters. The highest BCUT2D eigenvalue weighted by molar-refractivity contribution is 7.13. The normalized spacial score (nSPS) is 12.0. The summed E-state index contributed by atoms with van der Waals surface area (Å²) in [5.74, 6) is 2.68. The number of thiazole rings is 1. The first-order valence-corrected chi connectivity index (χ1v) is 10.9. The third-order valence-electron chi connectivity index (χ3n) is 5.17. The van der Waals surface area contributed by atoms with E-state index >= 15 is 0 Å². The standard InChI is InChI=1S/C23H20N4O5S/c1-27-21(25-22(28)15-6-5-14(29-2)9-19(15)30-3)10-16(26-27)23-24-17(11-33-23)13-4-7-18-20(8-13)32-12-31-18/h4-11H,12H2,1-3H3,(H,25,28). The first kappa shape index (κ1) is 20.8. The zero-order chi connectivity index (χ0) is 22.9. The van der Waals surface area contributed by atoms with Crippen LogP contribution in [0.25, 0.3) is 22.0 Å².